The summed E-state index contributed by atoms with van der Waals surface area (Å²) in [7, 11) is 1.20. The summed E-state index contributed by atoms with van der Waals surface area (Å²) in [4.78, 5) is 60.1. The third-order valence-electron chi connectivity index (χ3n) is 10.7. The average molecular weight is 935 g/mol. The summed E-state index contributed by atoms with van der Waals surface area (Å²) in [5.41, 5.74) is 6.53. The van der Waals surface area contributed by atoms with Crippen molar-refractivity contribution in [2.45, 2.75) is 13.1 Å². The topological polar surface area (TPSA) is 163 Å². The summed E-state index contributed by atoms with van der Waals surface area (Å²) in [6.07, 6.45) is 0. The first kappa shape index (κ1) is 49.7. The Labute approximate surface area is 377 Å². The Bertz CT molecular complexity index is 2120. The van der Waals surface area contributed by atoms with E-state index in [2.05, 4.69) is 4.74 Å². The summed E-state index contributed by atoms with van der Waals surface area (Å²) in [5, 5.41) is 17.9. The molecule has 0 bridgehead atoms. The van der Waals surface area contributed by atoms with Crippen molar-refractivity contribution in [3.05, 3.63) is 128 Å². The van der Waals surface area contributed by atoms with Gasteiger partial charge in [-0.15, -0.1) is 0 Å². The Balaban J connectivity index is 0.000000241. The maximum atomic E-state index is 14.7. The fraction of sp³-hybridized carbons (Fsp3) is 0.364. The largest absolute Gasteiger partial charge is 0.465 e. The number of esters is 1. The number of ketones is 1. The molecule has 0 saturated carbocycles. The highest BCUT2D eigenvalue weighted by molar-refractivity contribution is 6.31. The predicted octanol–water partition coefficient (Wildman–Crippen LogP) is 5.64. The van der Waals surface area contributed by atoms with Crippen molar-refractivity contribution in [2.24, 2.45) is 5.73 Å². The van der Waals surface area contributed by atoms with Gasteiger partial charge in [-0.3, -0.25) is 24.4 Å². The molecule has 14 nitrogen and oxygen atoms in total. The smallest absolute Gasteiger partial charge is 0.337 e. The van der Waals surface area contributed by atoms with Gasteiger partial charge in [-0.05, 0) is 54.6 Å². The monoisotopic (exact) mass is 933 g/mol. The Morgan fingerprint density at radius 1 is 0.609 bits per heavy atom. The van der Waals surface area contributed by atoms with Crippen LogP contribution in [0.2, 0.25) is 10.0 Å². The summed E-state index contributed by atoms with van der Waals surface area (Å²) < 4.78 is 61.5. The van der Waals surface area contributed by atoms with Crippen LogP contribution in [0.1, 0.15) is 31.8 Å². The minimum absolute atomic E-state index is 0.0367. The third-order valence-corrected chi connectivity index (χ3v) is 11.3. The first-order valence-electron chi connectivity index (χ1n) is 20.3. The summed E-state index contributed by atoms with van der Waals surface area (Å²) in [6, 6.07) is 14.9. The van der Waals surface area contributed by atoms with Crippen molar-refractivity contribution >= 4 is 58.4 Å². The first-order chi connectivity index (χ1) is 30.7. The number of hydrogen-bond acceptors (Lipinski definition) is 10. The van der Waals surface area contributed by atoms with Gasteiger partial charge in [0.25, 0.3) is 0 Å². The van der Waals surface area contributed by atoms with E-state index in [1.807, 2.05) is 9.80 Å². The molecule has 2 saturated heterocycles. The van der Waals surface area contributed by atoms with E-state index in [0.717, 1.165) is 24.3 Å². The maximum absolute atomic E-state index is 14.7. The summed E-state index contributed by atoms with van der Waals surface area (Å²) in [5.74, 6) is -3.65. The van der Waals surface area contributed by atoms with E-state index in [1.54, 1.807) is 9.80 Å². The number of piperazine rings is 2. The molecule has 4 aromatic rings. The second-order valence-electron chi connectivity index (χ2n) is 14.8. The van der Waals surface area contributed by atoms with Crippen LogP contribution in [0.25, 0.3) is 0 Å². The first-order valence-corrected chi connectivity index (χ1v) is 21.0. The van der Waals surface area contributed by atoms with Gasteiger partial charge in [-0.2, -0.15) is 0 Å². The highest BCUT2D eigenvalue weighted by Gasteiger charge is 2.29. The minimum atomic E-state index is -0.674. The van der Waals surface area contributed by atoms with Crippen molar-refractivity contribution in [1.82, 2.24) is 19.6 Å². The summed E-state index contributed by atoms with van der Waals surface area (Å²) >= 11 is 11.9. The summed E-state index contributed by atoms with van der Waals surface area (Å²) in [6.45, 7) is 4.67. The van der Waals surface area contributed by atoms with Crippen molar-refractivity contribution in [1.29, 1.82) is 0 Å². The maximum Gasteiger partial charge on any atom is 0.337 e. The number of carbonyl (C=O) groups is 4. The lowest BCUT2D eigenvalue weighted by molar-refractivity contribution is 0.0599. The van der Waals surface area contributed by atoms with E-state index < -0.39 is 35.0 Å². The Morgan fingerprint density at radius 3 is 1.38 bits per heavy atom. The number of halogens is 6. The molecule has 64 heavy (non-hydrogen) atoms. The van der Waals surface area contributed by atoms with Crippen LogP contribution in [0.4, 0.5) is 38.5 Å². The number of methoxy groups -OCH3 is 1. The number of anilines is 2. The Hall–Kier alpha value is -5.34. The molecule has 4 aromatic carbocycles. The van der Waals surface area contributed by atoms with Gasteiger partial charge in [0.1, 0.15) is 23.3 Å². The number of β-amino-alcohol motifs (C(OH)–C–C–N with tert-alkyl or cyclic N) is 2. The molecule has 2 aliphatic rings. The van der Waals surface area contributed by atoms with Crippen LogP contribution >= 0.6 is 23.2 Å². The molecule has 4 amide bonds. The zero-order valence-electron chi connectivity index (χ0n) is 35.0. The average Bonchev–Trinajstić information content (AvgIpc) is 3.30. The van der Waals surface area contributed by atoms with Gasteiger partial charge >= 0.3 is 18.0 Å². The molecule has 6 rings (SSSR count). The predicted molar refractivity (Wildman–Crippen MR) is 234 cm³/mol. The number of nitrogens with zero attached hydrogens (tertiary/aromatic N) is 6. The number of Topliss-reactive ketones (excluding diaryl/α,β-unsaturated/α-hetero) is 1. The highest BCUT2D eigenvalue weighted by atomic mass is 35.5. The van der Waals surface area contributed by atoms with E-state index >= 15 is 0 Å². The number of aliphatic hydroxyl groups excluding tert-OH is 2. The minimum Gasteiger partial charge on any atom is -0.465 e. The molecular weight excluding hydrogens is 885 g/mol. The molecule has 0 unspecified atom stereocenters. The molecule has 344 valence electrons. The van der Waals surface area contributed by atoms with Gasteiger partial charge in [0.15, 0.2) is 5.78 Å². The normalized spacial score (nSPS) is 14.4. The van der Waals surface area contributed by atoms with E-state index in [-0.39, 0.29) is 77.2 Å². The molecule has 20 heteroatoms. The number of hydrogen-bond donors (Lipinski definition) is 3. The number of ether oxygens (including phenoxy) is 1. The number of rotatable bonds is 13. The second-order valence-corrected chi connectivity index (χ2v) is 15.6. The zero-order valence-corrected chi connectivity index (χ0v) is 36.5. The van der Waals surface area contributed by atoms with E-state index in [0.29, 0.717) is 76.8 Å². The number of amides is 4. The number of aliphatic hydroxyl groups is 2. The number of urea groups is 2. The fourth-order valence-corrected chi connectivity index (χ4v) is 7.37. The lowest BCUT2D eigenvalue weighted by Gasteiger charge is -2.37. The van der Waals surface area contributed by atoms with Crippen molar-refractivity contribution in [3.63, 3.8) is 0 Å². The van der Waals surface area contributed by atoms with Crippen molar-refractivity contribution in [3.8, 4) is 0 Å². The molecule has 0 radical (unpaired) electrons. The van der Waals surface area contributed by atoms with Crippen LogP contribution in [0.5, 0.6) is 0 Å². The SMILES string of the molecule is COC(=O)c1ccc(CN(C(=O)N2CCN(CCO)CC2)c2ccc(F)c(Cl)c2)c(F)c1.NCC(=O)c1ccc(CN(C(=O)N2CCN(CCO)CC2)c2ccc(F)c(Cl)c2)c(F)c1. The lowest BCUT2D eigenvalue weighted by Crippen LogP contribution is -2.53. The quantitative estimate of drug-likeness (QED) is 0.0870. The van der Waals surface area contributed by atoms with Gasteiger partial charge in [0.05, 0.1) is 55.6 Å². The molecule has 0 spiro atoms. The Morgan fingerprint density at radius 2 is 1.02 bits per heavy atom. The number of benzene rings is 4. The number of carbonyl (C=O) groups excluding carboxylic acids is 4. The van der Waals surface area contributed by atoms with E-state index in [9.17, 15) is 36.7 Å². The standard InChI is InChI=1S/C22H25ClF2N4O3.C22H24ClF2N3O4/c23-18-12-17(3-4-19(18)24)29(22(32)28-7-5-27(6-8-28)9-10-30)14-16-2-1-15(11-20(16)25)21(31)13-26;1-32-21(30)15-2-3-16(20(25)12-15)14-28(17-4-5-19(24)18(23)13-17)22(31)27-8-6-26(7-9-27)10-11-29/h1-4,11-12,30H,5-10,13-14,26H2;2-5,12-13,29H,6-11,14H2,1H3. The van der Waals surface area contributed by atoms with Gasteiger partial charge in [-0.25, -0.2) is 31.9 Å². The zero-order chi connectivity index (χ0) is 46.5. The molecule has 2 aliphatic heterocycles. The lowest BCUT2D eigenvalue weighted by atomic mass is 10.1. The van der Waals surface area contributed by atoms with Crippen LogP contribution in [0.3, 0.4) is 0 Å². The molecule has 0 atom stereocenters. The van der Waals surface area contributed by atoms with Gasteiger partial charge < -0.3 is 30.5 Å². The fourth-order valence-electron chi connectivity index (χ4n) is 7.02. The molecule has 0 aromatic heterocycles. The second kappa shape index (κ2) is 23.5. The van der Waals surface area contributed by atoms with Crippen LogP contribution in [-0.4, -0.2) is 146 Å². The van der Waals surface area contributed by atoms with E-state index in [1.165, 1.54) is 65.4 Å². The van der Waals surface area contributed by atoms with Crippen LogP contribution in [0.15, 0.2) is 72.8 Å². The Kier molecular flexibility index (Phi) is 18.3. The number of nitrogens with two attached hydrogens (primary N) is 1. The molecule has 0 aliphatic carbocycles. The van der Waals surface area contributed by atoms with Gasteiger partial charge in [0, 0.05) is 93.5 Å². The van der Waals surface area contributed by atoms with Gasteiger partial charge in [0.2, 0.25) is 0 Å². The van der Waals surface area contributed by atoms with Crippen LogP contribution in [0, 0.1) is 23.3 Å². The molecule has 4 N–H and O–H groups in total. The van der Waals surface area contributed by atoms with Crippen LogP contribution in [-0.2, 0) is 17.8 Å². The third kappa shape index (κ3) is 12.9. The van der Waals surface area contributed by atoms with E-state index in [4.69, 9.17) is 39.1 Å². The molecular formula is C44H49Cl2F4N7O7. The van der Waals surface area contributed by atoms with Crippen LogP contribution < -0.4 is 15.5 Å². The van der Waals surface area contributed by atoms with Gasteiger partial charge in [-0.1, -0.05) is 41.4 Å². The van der Waals surface area contributed by atoms with Crippen molar-refractivity contribution in [2.75, 3.05) is 102 Å². The molecule has 2 heterocycles. The highest BCUT2D eigenvalue weighted by Crippen LogP contribution is 2.28. The molecule has 2 fully saturated rings. The van der Waals surface area contributed by atoms with Crippen molar-refractivity contribution < 1.29 is 51.7 Å².